The van der Waals surface area contributed by atoms with Gasteiger partial charge < -0.3 is 10.1 Å². The van der Waals surface area contributed by atoms with Crippen molar-refractivity contribution in [2.24, 2.45) is 0 Å². The minimum Gasteiger partial charge on any atom is -0.479 e. The van der Waals surface area contributed by atoms with Crippen LogP contribution in [0.1, 0.15) is 18.1 Å². The molecule has 1 amide bonds. The molecule has 0 aliphatic carbocycles. The lowest BCUT2D eigenvalue weighted by Crippen LogP contribution is -2.24. The maximum Gasteiger partial charge on any atom is 0.290 e. The van der Waals surface area contributed by atoms with Gasteiger partial charge in [0, 0.05) is 16.8 Å². The van der Waals surface area contributed by atoms with Crippen LogP contribution in [0.15, 0.2) is 54.3 Å². The standard InChI is InChI=1S/C18H12Cl3NO3/c19-11-3-1-10(2-4-11)16-8-13(23)9-17(25-16)18(24)22-12-5-6-14(20)15(21)7-12/h1-7,9,16H,8H2,(H,22,24). The maximum absolute atomic E-state index is 12.4. The summed E-state index contributed by atoms with van der Waals surface area (Å²) in [5.74, 6) is -0.779. The summed E-state index contributed by atoms with van der Waals surface area (Å²) in [6.07, 6.45) is 0.814. The fraction of sp³-hybridized carbons (Fsp3) is 0.111. The molecule has 0 radical (unpaired) electrons. The number of nitrogens with one attached hydrogen (secondary N) is 1. The SMILES string of the molecule is O=C1C=C(C(=O)Nc2ccc(Cl)c(Cl)c2)OC(c2ccc(Cl)cc2)C1. The average molecular weight is 397 g/mol. The molecule has 0 bridgehead atoms. The van der Waals surface area contributed by atoms with Crippen molar-refractivity contribution < 1.29 is 14.3 Å². The number of halogens is 3. The van der Waals surface area contributed by atoms with Crippen molar-refractivity contribution in [3.8, 4) is 0 Å². The molecule has 25 heavy (non-hydrogen) atoms. The highest BCUT2D eigenvalue weighted by Crippen LogP contribution is 2.30. The van der Waals surface area contributed by atoms with Crippen molar-refractivity contribution in [2.45, 2.75) is 12.5 Å². The third-order valence-electron chi connectivity index (χ3n) is 3.59. The summed E-state index contributed by atoms with van der Waals surface area (Å²) in [5.41, 5.74) is 1.22. The molecule has 1 heterocycles. The Balaban J connectivity index is 1.76. The summed E-state index contributed by atoms with van der Waals surface area (Å²) in [6.45, 7) is 0. The third-order valence-corrected chi connectivity index (χ3v) is 4.58. The van der Waals surface area contributed by atoms with E-state index in [2.05, 4.69) is 5.32 Å². The molecule has 0 fully saturated rings. The normalized spacial score (nSPS) is 16.8. The van der Waals surface area contributed by atoms with E-state index in [9.17, 15) is 9.59 Å². The van der Waals surface area contributed by atoms with Crippen LogP contribution in [0.3, 0.4) is 0 Å². The molecule has 1 unspecified atom stereocenters. The molecule has 0 spiro atoms. The van der Waals surface area contributed by atoms with Gasteiger partial charge in [0.05, 0.1) is 16.5 Å². The van der Waals surface area contributed by atoms with Crippen molar-refractivity contribution in [2.75, 3.05) is 5.32 Å². The van der Waals surface area contributed by atoms with Gasteiger partial charge in [-0.05, 0) is 35.9 Å². The molecule has 1 aliphatic heterocycles. The van der Waals surface area contributed by atoms with E-state index in [1.807, 2.05) is 0 Å². The molecule has 0 saturated heterocycles. The number of carbonyl (C=O) groups excluding carboxylic acids is 2. The smallest absolute Gasteiger partial charge is 0.290 e. The van der Waals surface area contributed by atoms with Gasteiger partial charge in [-0.25, -0.2) is 0 Å². The fourth-order valence-electron chi connectivity index (χ4n) is 2.37. The van der Waals surface area contributed by atoms with Crippen LogP contribution in [0.5, 0.6) is 0 Å². The number of amides is 1. The number of ether oxygens (including phenoxy) is 1. The lowest BCUT2D eigenvalue weighted by molar-refractivity contribution is -0.124. The van der Waals surface area contributed by atoms with Crippen LogP contribution >= 0.6 is 34.8 Å². The molecule has 4 nitrogen and oxygen atoms in total. The largest absolute Gasteiger partial charge is 0.479 e. The van der Waals surface area contributed by atoms with Gasteiger partial charge in [-0.15, -0.1) is 0 Å². The second kappa shape index (κ2) is 7.48. The minimum absolute atomic E-state index is 0.0535. The number of anilines is 1. The zero-order valence-corrected chi connectivity index (χ0v) is 15.0. The number of benzene rings is 2. The summed E-state index contributed by atoms with van der Waals surface area (Å²) in [6, 6.07) is 11.6. The number of carbonyl (C=O) groups is 2. The predicted octanol–water partition coefficient (Wildman–Crippen LogP) is 5.20. The molecule has 2 aromatic carbocycles. The Labute approximate surface area is 159 Å². The van der Waals surface area contributed by atoms with Crippen molar-refractivity contribution in [3.63, 3.8) is 0 Å². The molecule has 0 aromatic heterocycles. The van der Waals surface area contributed by atoms with Crippen molar-refractivity contribution in [1.82, 2.24) is 0 Å². The van der Waals surface area contributed by atoms with Crippen LogP contribution in [0.4, 0.5) is 5.69 Å². The van der Waals surface area contributed by atoms with E-state index in [0.717, 1.165) is 5.56 Å². The zero-order chi connectivity index (χ0) is 18.0. The van der Waals surface area contributed by atoms with Gasteiger partial charge in [0.15, 0.2) is 11.5 Å². The highest BCUT2D eigenvalue weighted by Gasteiger charge is 2.27. The molecule has 1 aliphatic rings. The Morgan fingerprint density at radius 3 is 2.44 bits per heavy atom. The quantitative estimate of drug-likeness (QED) is 0.776. The first-order valence-electron chi connectivity index (χ1n) is 7.35. The topological polar surface area (TPSA) is 55.4 Å². The van der Waals surface area contributed by atoms with E-state index in [1.54, 1.807) is 36.4 Å². The summed E-state index contributed by atoms with van der Waals surface area (Å²) < 4.78 is 5.70. The fourth-order valence-corrected chi connectivity index (χ4v) is 2.79. The van der Waals surface area contributed by atoms with Gasteiger partial charge in [-0.2, -0.15) is 0 Å². The molecule has 0 saturated carbocycles. The van der Waals surface area contributed by atoms with Crippen LogP contribution in [0, 0.1) is 0 Å². The predicted molar refractivity (Wildman–Crippen MR) is 98.1 cm³/mol. The first-order valence-corrected chi connectivity index (χ1v) is 8.49. The number of ketones is 1. The Kier molecular flexibility index (Phi) is 5.33. The van der Waals surface area contributed by atoms with E-state index < -0.39 is 12.0 Å². The second-order valence-electron chi connectivity index (χ2n) is 5.42. The average Bonchev–Trinajstić information content (AvgIpc) is 2.58. The van der Waals surface area contributed by atoms with Gasteiger partial charge in [0.2, 0.25) is 0 Å². The Morgan fingerprint density at radius 1 is 1.04 bits per heavy atom. The summed E-state index contributed by atoms with van der Waals surface area (Å²) in [7, 11) is 0. The van der Waals surface area contributed by atoms with Gasteiger partial charge in [0.25, 0.3) is 5.91 Å². The molecule has 2 aromatic rings. The molecule has 128 valence electrons. The Hall–Kier alpha value is -2.01. The van der Waals surface area contributed by atoms with Gasteiger partial charge in [0.1, 0.15) is 6.10 Å². The lowest BCUT2D eigenvalue weighted by Gasteiger charge is -2.23. The van der Waals surface area contributed by atoms with E-state index in [-0.39, 0.29) is 18.0 Å². The van der Waals surface area contributed by atoms with Crippen LogP contribution in [-0.2, 0) is 14.3 Å². The highest BCUT2D eigenvalue weighted by molar-refractivity contribution is 6.42. The summed E-state index contributed by atoms with van der Waals surface area (Å²) in [5, 5.41) is 3.91. The van der Waals surface area contributed by atoms with Gasteiger partial charge in [-0.1, -0.05) is 46.9 Å². The first kappa shape index (κ1) is 17.8. The maximum atomic E-state index is 12.4. The Morgan fingerprint density at radius 2 is 1.76 bits per heavy atom. The van der Waals surface area contributed by atoms with Crippen LogP contribution in [0.2, 0.25) is 15.1 Å². The number of hydrogen-bond donors (Lipinski definition) is 1. The monoisotopic (exact) mass is 395 g/mol. The molecule has 1 N–H and O–H groups in total. The minimum atomic E-state index is -0.538. The lowest BCUT2D eigenvalue weighted by atomic mass is 10.0. The van der Waals surface area contributed by atoms with Gasteiger partial charge in [-0.3, -0.25) is 9.59 Å². The van der Waals surface area contributed by atoms with Crippen LogP contribution < -0.4 is 5.32 Å². The van der Waals surface area contributed by atoms with Crippen molar-refractivity contribution in [1.29, 1.82) is 0 Å². The number of hydrogen-bond acceptors (Lipinski definition) is 3. The highest BCUT2D eigenvalue weighted by atomic mass is 35.5. The molecular weight excluding hydrogens is 385 g/mol. The van der Waals surface area contributed by atoms with Crippen molar-refractivity contribution >= 4 is 52.2 Å². The number of rotatable bonds is 3. The molecule has 3 rings (SSSR count). The van der Waals surface area contributed by atoms with E-state index in [1.165, 1.54) is 12.1 Å². The van der Waals surface area contributed by atoms with E-state index in [0.29, 0.717) is 20.8 Å². The molecule has 1 atom stereocenters. The van der Waals surface area contributed by atoms with Gasteiger partial charge >= 0.3 is 0 Å². The first-order chi connectivity index (χ1) is 11.9. The van der Waals surface area contributed by atoms with Crippen LogP contribution in [-0.4, -0.2) is 11.7 Å². The van der Waals surface area contributed by atoms with Crippen molar-refractivity contribution in [3.05, 3.63) is 74.9 Å². The summed E-state index contributed by atoms with van der Waals surface area (Å²) in [4.78, 5) is 24.4. The van der Waals surface area contributed by atoms with E-state index in [4.69, 9.17) is 39.5 Å². The molecular formula is C18H12Cl3NO3. The van der Waals surface area contributed by atoms with Crippen LogP contribution in [0.25, 0.3) is 0 Å². The Bertz CT molecular complexity index is 862. The zero-order valence-electron chi connectivity index (χ0n) is 12.8. The third kappa shape index (κ3) is 4.34. The number of allylic oxidation sites excluding steroid dienone is 1. The van der Waals surface area contributed by atoms with E-state index >= 15 is 0 Å². The summed E-state index contributed by atoms with van der Waals surface area (Å²) >= 11 is 17.6. The molecule has 7 heteroatoms. The second-order valence-corrected chi connectivity index (χ2v) is 6.67.